The van der Waals surface area contributed by atoms with Crippen molar-refractivity contribution in [1.29, 1.82) is 0 Å². The van der Waals surface area contributed by atoms with E-state index in [-0.39, 0.29) is 5.92 Å². The van der Waals surface area contributed by atoms with Gasteiger partial charge in [-0.15, -0.1) is 0 Å². The molecule has 2 aliphatic rings. The third kappa shape index (κ3) is 3.93. The second-order valence-electron chi connectivity index (χ2n) is 5.62. The maximum atomic E-state index is 11.0. The van der Waals surface area contributed by atoms with Crippen molar-refractivity contribution in [1.82, 2.24) is 14.7 Å². The highest BCUT2D eigenvalue weighted by atomic mass is 16.4. The summed E-state index contributed by atoms with van der Waals surface area (Å²) in [4.78, 5) is 18.2. The first-order valence-electron chi connectivity index (χ1n) is 7.01. The van der Waals surface area contributed by atoms with Crippen LogP contribution in [0.15, 0.2) is 0 Å². The molecule has 104 valence electrons. The van der Waals surface area contributed by atoms with Crippen LogP contribution in [0.4, 0.5) is 0 Å². The number of rotatable bonds is 4. The maximum Gasteiger partial charge on any atom is 0.307 e. The molecule has 0 radical (unpaired) electrons. The molecular weight excluding hydrogens is 230 g/mol. The molecule has 2 saturated heterocycles. The number of piperazine rings is 1. The van der Waals surface area contributed by atoms with Crippen molar-refractivity contribution in [3.8, 4) is 0 Å². The predicted molar refractivity (Wildman–Crippen MR) is 70.7 cm³/mol. The molecule has 0 bridgehead atoms. The first-order valence-corrected chi connectivity index (χ1v) is 7.01. The van der Waals surface area contributed by atoms with Gasteiger partial charge in [-0.3, -0.25) is 9.69 Å². The summed E-state index contributed by atoms with van der Waals surface area (Å²) in [6.07, 6.45) is 1.88. The zero-order valence-corrected chi connectivity index (χ0v) is 11.3. The number of carboxylic acid groups (broad SMARTS) is 1. The summed E-state index contributed by atoms with van der Waals surface area (Å²) in [6, 6.07) is 0. The zero-order valence-electron chi connectivity index (χ0n) is 11.3. The van der Waals surface area contributed by atoms with Gasteiger partial charge in [0.15, 0.2) is 0 Å². The lowest BCUT2D eigenvalue weighted by atomic mass is 9.98. The predicted octanol–water partition coefficient (Wildman–Crippen LogP) is 0.0304. The molecule has 0 aromatic heterocycles. The van der Waals surface area contributed by atoms with Crippen molar-refractivity contribution in [3.05, 3.63) is 0 Å². The molecule has 0 spiro atoms. The molecule has 2 aliphatic heterocycles. The molecule has 2 rings (SSSR count). The first-order chi connectivity index (χ1) is 8.65. The Kier molecular flexibility index (Phi) is 4.97. The molecule has 0 amide bonds. The SMILES string of the molecule is CN1CCN(CCN2CCCC(C(=O)O)C2)CC1. The van der Waals surface area contributed by atoms with Crippen LogP contribution in [0.25, 0.3) is 0 Å². The van der Waals surface area contributed by atoms with E-state index in [1.807, 2.05) is 0 Å². The summed E-state index contributed by atoms with van der Waals surface area (Å²) in [5.74, 6) is -0.773. The van der Waals surface area contributed by atoms with Crippen LogP contribution in [-0.2, 0) is 4.79 Å². The van der Waals surface area contributed by atoms with E-state index in [2.05, 4.69) is 21.7 Å². The first kappa shape index (κ1) is 13.8. The van der Waals surface area contributed by atoms with Crippen LogP contribution in [0.1, 0.15) is 12.8 Å². The minimum absolute atomic E-state index is 0.147. The van der Waals surface area contributed by atoms with E-state index in [9.17, 15) is 4.79 Å². The van der Waals surface area contributed by atoms with E-state index in [0.29, 0.717) is 0 Å². The quantitative estimate of drug-likeness (QED) is 0.768. The lowest BCUT2D eigenvalue weighted by Gasteiger charge is -2.35. The van der Waals surface area contributed by atoms with Crippen molar-refractivity contribution in [2.75, 3.05) is 59.4 Å². The lowest BCUT2D eigenvalue weighted by molar-refractivity contribution is -0.143. The molecule has 2 fully saturated rings. The molecule has 1 unspecified atom stereocenters. The van der Waals surface area contributed by atoms with Crippen molar-refractivity contribution in [3.63, 3.8) is 0 Å². The molecule has 0 aromatic carbocycles. The Balaban J connectivity index is 1.68. The number of aliphatic carboxylic acids is 1. The zero-order chi connectivity index (χ0) is 13.0. The fraction of sp³-hybridized carbons (Fsp3) is 0.923. The molecule has 5 heteroatoms. The number of carbonyl (C=O) groups is 1. The van der Waals surface area contributed by atoms with E-state index in [4.69, 9.17) is 5.11 Å². The van der Waals surface area contributed by atoms with E-state index >= 15 is 0 Å². The molecule has 0 saturated carbocycles. The Morgan fingerprint density at radius 1 is 1.11 bits per heavy atom. The van der Waals surface area contributed by atoms with Gasteiger partial charge in [-0.05, 0) is 26.4 Å². The number of likely N-dealkylation sites (tertiary alicyclic amines) is 1. The molecular formula is C13H25N3O2. The number of hydrogen-bond donors (Lipinski definition) is 1. The van der Waals surface area contributed by atoms with Crippen LogP contribution >= 0.6 is 0 Å². The Morgan fingerprint density at radius 3 is 2.44 bits per heavy atom. The molecule has 0 aliphatic carbocycles. The van der Waals surface area contributed by atoms with Gasteiger partial charge in [0.05, 0.1) is 5.92 Å². The van der Waals surface area contributed by atoms with Gasteiger partial charge >= 0.3 is 5.97 Å². The third-order valence-corrected chi connectivity index (χ3v) is 4.18. The molecule has 0 aromatic rings. The van der Waals surface area contributed by atoms with Crippen molar-refractivity contribution in [2.45, 2.75) is 12.8 Å². The topological polar surface area (TPSA) is 47.0 Å². The highest BCUT2D eigenvalue weighted by Crippen LogP contribution is 2.16. The molecule has 18 heavy (non-hydrogen) atoms. The van der Waals surface area contributed by atoms with Crippen LogP contribution < -0.4 is 0 Å². The van der Waals surface area contributed by atoms with E-state index in [0.717, 1.165) is 65.2 Å². The fourth-order valence-electron chi connectivity index (χ4n) is 2.81. The highest BCUT2D eigenvalue weighted by molar-refractivity contribution is 5.70. The van der Waals surface area contributed by atoms with Crippen LogP contribution in [0.5, 0.6) is 0 Å². The molecule has 1 atom stereocenters. The number of piperidine rings is 1. The Labute approximate surface area is 109 Å². The Morgan fingerprint density at radius 2 is 1.78 bits per heavy atom. The van der Waals surface area contributed by atoms with Gasteiger partial charge in [0.1, 0.15) is 0 Å². The highest BCUT2D eigenvalue weighted by Gasteiger charge is 2.25. The van der Waals surface area contributed by atoms with Crippen molar-refractivity contribution in [2.24, 2.45) is 5.92 Å². The summed E-state index contributed by atoms with van der Waals surface area (Å²) >= 11 is 0. The largest absolute Gasteiger partial charge is 0.481 e. The van der Waals surface area contributed by atoms with E-state index < -0.39 is 5.97 Å². The van der Waals surface area contributed by atoms with Crippen LogP contribution in [0.2, 0.25) is 0 Å². The van der Waals surface area contributed by atoms with Crippen LogP contribution in [-0.4, -0.2) is 85.2 Å². The van der Waals surface area contributed by atoms with Crippen LogP contribution in [0.3, 0.4) is 0 Å². The summed E-state index contributed by atoms with van der Waals surface area (Å²) in [5.41, 5.74) is 0. The van der Waals surface area contributed by atoms with Gasteiger partial charge in [-0.2, -0.15) is 0 Å². The fourth-order valence-corrected chi connectivity index (χ4v) is 2.81. The Hall–Kier alpha value is -0.650. The number of nitrogens with zero attached hydrogens (tertiary/aromatic N) is 3. The molecule has 1 N–H and O–H groups in total. The molecule has 5 nitrogen and oxygen atoms in total. The normalized spacial score (nSPS) is 28.4. The van der Waals surface area contributed by atoms with Crippen molar-refractivity contribution >= 4 is 5.97 Å². The average molecular weight is 255 g/mol. The Bertz CT molecular complexity index is 277. The van der Waals surface area contributed by atoms with Gasteiger partial charge in [0, 0.05) is 45.8 Å². The van der Waals surface area contributed by atoms with Gasteiger partial charge in [0.25, 0.3) is 0 Å². The summed E-state index contributed by atoms with van der Waals surface area (Å²) < 4.78 is 0. The van der Waals surface area contributed by atoms with Crippen molar-refractivity contribution < 1.29 is 9.90 Å². The number of hydrogen-bond acceptors (Lipinski definition) is 4. The number of likely N-dealkylation sites (N-methyl/N-ethyl adjacent to an activating group) is 1. The van der Waals surface area contributed by atoms with Crippen LogP contribution in [0, 0.1) is 5.92 Å². The molecule has 2 heterocycles. The third-order valence-electron chi connectivity index (χ3n) is 4.18. The second-order valence-corrected chi connectivity index (χ2v) is 5.62. The monoisotopic (exact) mass is 255 g/mol. The standard InChI is InChI=1S/C13H25N3O2/c1-14-5-7-15(8-6-14)9-10-16-4-2-3-12(11-16)13(17)18/h12H,2-11H2,1H3,(H,17,18). The van der Waals surface area contributed by atoms with Gasteiger partial charge in [-0.25, -0.2) is 0 Å². The summed E-state index contributed by atoms with van der Waals surface area (Å²) in [7, 11) is 2.17. The second kappa shape index (κ2) is 6.50. The summed E-state index contributed by atoms with van der Waals surface area (Å²) in [6.45, 7) is 8.50. The van der Waals surface area contributed by atoms with E-state index in [1.54, 1.807) is 0 Å². The number of carboxylic acids is 1. The smallest absolute Gasteiger partial charge is 0.307 e. The van der Waals surface area contributed by atoms with Gasteiger partial charge in [-0.1, -0.05) is 0 Å². The minimum Gasteiger partial charge on any atom is -0.481 e. The minimum atomic E-state index is -0.626. The van der Waals surface area contributed by atoms with Gasteiger partial charge in [0.2, 0.25) is 0 Å². The average Bonchev–Trinajstić information content (AvgIpc) is 2.38. The maximum absolute atomic E-state index is 11.0. The van der Waals surface area contributed by atoms with E-state index in [1.165, 1.54) is 0 Å². The lowest BCUT2D eigenvalue weighted by Crippen LogP contribution is -2.48. The van der Waals surface area contributed by atoms with Gasteiger partial charge < -0.3 is 14.9 Å². The summed E-state index contributed by atoms with van der Waals surface area (Å²) in [5, 5.41) is 9.06.